The highest BCUT2D eigenvalue weighted by molar-refractivity contribution is 14.0. The van der Waals surface area contributed by atoms with E-state index in [2.05, 4.69) is 22.4 Å². The molecule has 0 fully saturated rings. The van der Waals surface area contributed by atoms with Crippen LogP contribution >= 0.6 is 24.0 Å². The zero-order chi connectivity index (χ0) is 18.9. The molecule has 2 rings (SSSR count). The second kappa shape index (κ2) is 11.5. The van der Waals surface area contributed by atoms with Gasteiger partial charge >= 0.3 is 0 Å². The lowest BCUT2D eigenvalue weighted by molar-refractivity contribution is 0.347. The first-order valence-corrected chi connectivity index (χ1v) is 8.37. The highest BCUT2D eigenvalue weighted by atomic mass is 127. The molecule has 148 valence electrons. The number of nitrogens with one attached hydrogen (secondary N) is 1. The molecule has 0 heterocycles. The Hall–Kier alpha value is -2.16. The number of halogens is 1. The molecule has 0 amide bonds. The van der Waals surface area contributed by atoms with E-state index in [1.165, 1.54) is 0 Å². The maximum Gasteiger partial charge on any atom is 0.194 e. The Morgan fingerprint density at radius 1 is 0.926 bits per heavy atom. The van der Waals surface area contributed by atoms with E-state index in [9.17, 15) is 0 Å². The maximum absolute atomic E-state index is 5.48. The van der Waals surface area contributed by atoms with Gasteiger partial charge in [-0.25, -0.2) is 4.99 Å². The van der Waals surface area contributed by atoms with Crippen LogP contribution in [0, 0.1) is 0 Å². The van der Waals surface area contributed by atoms with Crippen molar-refractivity contribution in [2.24, 2.45) is 4.99 Å². The second-order valence-electron chi connectivity index (χ2n) is 5.89. The van der Waals surface area contributed by atoms with E-state index >= 15 is 0 Å². The van der Waals surface area contributed by atoms with Crippen molar-refractivity contribution in [2.45, 2.75) is 13.1 Å². The zero-order valence-electron chi connectivity index (χ0n) is 16.5. The van der Waals surface area contributed by atoms with E-state index < -0.39 is 0 Å². The lowest BCUT2D eigenvalue weighted by Gasteiger charge is -2.19. The number of hydrogen-bond donors (Lipinski definition) is 1. The average Bonchev–Trinajstić information content (AvgIpc) is 2.67. The summed E-state index contributed by atoms with van der Waals surface area (Å²) in [5, 5.41) is 3.37. The summed E-state index contributed by atoms with van der Waals surface area (Å²) in [4.78, 5) is 6.63. The first-order chi connectivity index (χ1) is 12.6. The molecule has 0 aliphatic rings. The van der Waals surface area contributed by atoms with Crippen LogP contribution in [0.5, 0.6) is 17.2 Å². The van der Waals surface area contributed by atoms with Gasteiger partial charge in [0.05, 0.1) is 27.9 Å². The quantitative estimate of drug-likeness (QED) is 0.370. The van der Waals surface area contributed by atoms with Gasteiger partial charge in [-0.15, -0.1) is 24.0 Å². The van der Waals surface area contributed by atoms with Crippen molar-refractivity contribution in [3.8, 4) is 17.2 Å². The van der Waals surface area contributed by atoms with E-state index in [4.69, 9.17) is 14.2 Å². The van der Waals surface area contributed by atoms with Crippen molar-refractivity contribution in [2.75, 3.05) is 35.4 Å². The van der Waals surface area contributed by atoms with Gasteiger partial charge in [0.1, 0.15) is 5.75 Å². The summed E-state index contributed by atoms with van der Waals surface area (Å²) in [6.45, 7) is 1.17. The van der Waals surface area contributed by atoms with Crippen LogP contribution in [0.3, 0.4) is 0 Å². The minimum atomic E-state index is 0. The van der Waals surface area contributed by atoms with E-state index in [0.717, 1.165) is 22.8 Å². The lowest BCUT2D eigenvalue weighted by Crippen LogP contribution is -2.36. The Labute approximate surface area is 178 Å². The third kappa shape index (κ3) is 6.50. The van der Waals surface area contributed by atoms with Crippen LogP contribution in [-0.4, -0.2) is 46.3 Å². The topological polar surface area (TPSA) is 55.3 Å². The number of hydrogen-bond acceptors (Lipinski definition) is 4. The predicted octanol–water partition coefficient (Wildman–Crippen LogP) is 3.54. The molecule has 0 saturated carbocycles. The number of methoxy groups -OCH3 is 3. The molecule has 0 radical (unpaired) electrons. The third-order valence-corrected chi connectivity index (χ3v) is 3.90. The molecule has 0 bridgehead atoms. The largest absolute Gasteiger partial charge is 0.496 e. The van der Waals surface area contributed by atoms with Crippen molar-refractivity contribution >= 4 is 29.9 Å². The van der Waals surface area contributed by atoms with Crippen LogP contribution in [0.25, 0.3) is 0 Å². The second-order valence-corrected chi connectivity index (χ2v) is 5.89. The first kappa shape index (κ1) is 22.9. The number of ether oxygens (including phenoxy) is 3. The van der Waals surface area contributed by atoms with Crippen LogP contribution in [0.2, 0.25) is 0 Å². The molecule has 7 heteroatoms. The summed E-state index contributed by atoms with van der Waals surface area (Å²) >= 11 is 0. The Kier molecular flexibility index (Phi) is 9.77. The van der Waals surface area contributed by atoms with Gasteiger partial charge in [0, 0.05) is 32.3 Å². The van der Waals surface area contributed by atoms with E-state index in [1.54, 1.807) is 21.3 Å². The number of aliphatic imine (C=N–C) groups is 1. The van der Waals surface area contributed by atoms with Gasteiger partial charge < -0.3 is 24.4 Å². The molecule has 0 spiro atoms. The van der Waals surface area contributed by atoms with Gasteiger partial charge in [-0.1, -0.05) is 30.3 Å². The van der Waals surface area contributed by atoms with Crippen molar-refractivity contribution in [3.05, 3.63) is 53.6 Å². The van der Waals surface area contributed by atoms with E-state index in [-0.39, 0.29) is 24.0 Å². The fourth-order valence-corrected chi connectivity index (χ4v) is 2.51. The first-order valence-electron chi connectivity index (χ1n) is 8.37. The average molecular weight is 485 g/mol. The standard InChI is InChI=1S/C20H27N3O3.HI/c1-23(2)20(21-13-15-9-7-6-8-10-15)22-14-16-11-18(25-4)19(26-5)12-17(16)24-3;/h6-12H,13-14H2,1-5H3,(H,21,22);1H. The van der Waals surface area contributed by atoms with Crippen molar-refractivity contribution in [1.29, 1.82) is 0 Å². The third-order valence-electron chi connectivity index (χ3n) is 3.90. The van der Waals surface area contributed by atoms with Gasteiger partial charge in [0.25, 0.3) is 0 Å². The van der Waals surface area contributed by atoms with Crippen molar-refractivity contribution in [1.82, 2.24) is 10.2 Å². The molecule has 27 heavy (non-hydrogen) atoms. The molecule has 0 unspecified atom stereocenters. The molecule has 6 nitrogen and oxygen atoms in total. The molecular weight excluding hydrogens is 457 g/mol. The minimum absolute atomic E-state index is 0. The molecule has 0 aromatic heterocycles. The fourth-order valence-electron chi connectivity index (χ4n) is 2.51. The van der Waals surface area contributed by atoms with E-state index in [0.29, 0.717) is 24.6 Å². The van der Waals surface area contributed by atoms with Gasteiger partial charge in [-0.05, 0) is 11.6 Å². The normalized spacial score (nSPS) is 10.6. The number of nitrogens with zero attached hydrogens (tertiary/aromatic N) is 2. The molecule has 0 saturated heterocycles. The molecule has 1 N–H and O–H groups in total. The number of guanidine groups is 1. The Morgan fingerprint density at radius 2 is 1.52 bits per heavy atom. The summed E-state index contributed by atoms with van der Waals surface area (Å²) in [5.74, 6) is 2.83. The van der Waals surface area contributed by atoms with Crippen LogP contribution in [0.4, 0.5) is 0 Å². The summed E-state index contributed by atoms with van der Waals surface area (Å²) in [7, 11) is 8.79. The fraction of sp³-hybridized carbons (Fsp3) is 0.350. The van der Waals surface area contributed by atoms with Crippen molar-refractivity contribution in [3.63, 3.8) is 0 Å². The molecule has 2 aromatic rings. The van der Waals surface area contributed by atoms with Crippen LogP contribution in [0.15, 0.2) is 47.5 Å². The van der Waals surface area contributed by atoms with Crippen LogP contribution in [-0.2, 0) is 13.1 Å². The zero-order valence-corrected chi connectivity index (χ0v) is 18.8. The summed E-state index contributed by atoms with van der Waals surface area (Å²) < 4.78 is 16.2. The molecule has 2 aromatic carbocycles. The summed E-state index contributed by atoms with van der Waals surface area (Å²) in [6, 6.07) is 13.9. The number of rotatable bonds is 7. The molecule has 0 atom stereocenters. The van der Waals surface area contributed by atoms with Gasteiger partial charge in [0.2, 0.25) is 0 Å². The Morgan fingerprint density at radius 3 is 2.07 bits per heavy atom. The Balaban J connectivity index is 0.00000364. The molecule has 0 aliphatic heterocycles. The SMILES string of the molecule is COc1cc(OC)c(OC)cc1CNC(=NCc1ccccc1)N(C)C.I. The number of benzene rings is 2. The van der Waals surface area contributed by atoms with Crippen LogP contribution < -0.4 is 19.5 Å². The van der Waals surface area contributed by atoms with Gasteiger partial charge in [-0.3, -0.25) is 0 Å². The lowest BCUT2D eigenvalue weighted by atomic mass is 10.1. The summed E-state index contributed by atoms with van der Waals surface area (Å²) in [5.41, 5.74) is 2.12. The Bertz CT molecular complexity index is 737. The highest BCUT2D eigenvalue weighted by Gasteiger charge is 2.12. The molecular formula is C20H28IN3O3. The van der Waals surface area contributed by atoms with Crippen LogP contribution in [0.1, 0.15) is 11.1 Å². The highest BCUT2D eigenvalue weighted by Crippen LogP contribution is 2.34. The monoisotopic (exact) mass is 485 g/mol. The summed E-state index contributed by atoms with van der Waals surface area (Å²) in [6.07, 6.45) is 0. The molecule has 0 aliphatic carbocycles. The maximum atomic E-state index is 5.48. The predicted molar refractivity (Wildman–Crippen MR) is 120 cm³/mol. The minimum Gasteiger partial charge on any atom is -0.496 e. The van der Waals surface area contributed by atoms with E-state index in [1.807, 2.05) is 49.3 Å². The van der Waals surface area contributed by atoms with Gasteiger partial charge in [-0.2, -0.15) is 0 Å². The smallest absolute Gasteiger partial charge is 0.194 e. The van der Waals surface area contributed by atoms with Crippen molar-refractivity contribution < 1.29 is 14.2 Å². The van der Waals surface area contributed by atoms with Gasteiger partial charge in [0.15, 0.2) is 17.5 Å².